The first-order valence-corrected chi connectivity index (χ1v) is 6.93. The number of methoxy groups -OCH3 is 1. The second-order valence-corrected chi connectivity index (χ2v) is 4.93. The van der Waals surface area contributed by atoms with Crippen LogP contribution in [-0.2, 0) is 11.2 Å². The molecule has 0 bridgehead atoms. The van der Waals surface area contributed by atoms with E-state index in [-0.39, 0.29) is 13.0 Å². The van der Waals surface area contributed by atoms with E-state index in [1.807, 2.05) is 37.3 Å². The summed E-state index contributed by atoms with van der Waals surface area (Å²) >= 11 is 6.13. The van der Waals surface area contributed by atoms with Crippen LogP contribution in [0.25, 0.3) is 10.8 Å². The Morgan fingerprint density at radius 3 is 3.05 bits per heavy atom. The van der Waals surface area contributed by atoms with Gasteiger partial charge in [0.05, 0.1) is 13.5 Å². The van der Waals surface area contributed by atoms with E-state index in [0.717, 1.165) is 22.8 Å². The third kappa shape index (κ3) is 3.23. The standard InChI is InChI=1S/C16H18ClNO2/c1-3-16(19)18-8-7-11-5-4-6-12-9-14(17)15(20-2)10-13(11)12/h4-6,9-10H,3,7-8H2,1-2H3,(H,18,19)/i2D. The van der Waals surface area contributed by atoms with Gasteiger partial charge >= 0.3 is 0 Å². The fraction of sp³-hybridized carbons (Fsp3) is 0.312. The predicted molar refractivity (Wildman–Crippen MR) is 82.5 cm³/mol. The number of ether oxygens (including phenoxy) is 1. The molecule has 1 N–H and O–H groups in total. The van der Waals surface area contributed by atoms with E-state index >= 15 is 0 Å². The van der Waals surface area contributed by atoms with Crippen LogP contribution in [0.2, 0.25) is 5.02 Å². The molecule has 0 saturated heterocycles. The molecule has 2 aromatic carbocycles. The maximum absolute atomic E-state index is 11.3. The predicted octanol–water partition coefficient (Wildman–Crippen LogP) is 3.57. The van der Waals surface area contributed by atoms with Gasteiger partial charge in [0.25, 0.3) is 0 Å². The second-order valence-electron chi connectivity index (χ2n) is 4.52. The lowest BCUT2D eigenvalue weighted by Gasteiger charge is -2.10. The van der Waals surface area contributed by atoms with E-state index in [4.69, 9.17) is 17.7 Å². The van der Waals surface area contributed by atoms with Gasteiger partial charge in [-0.2, -0.15) is 0 Å². The summed E-state index contributed by atoms with van der Waals surface area (Å²) in [7, 11) is -0.167. The molecule has 0 aliphatic rings. The average Bonchev–Trinajstić information content (AvgIpc) is 2.48. The topological polar surface area (TPSA) is 38.3 Å². The molecule has 0 atom stereocenters. The second kappa shape index (κ2) is 6.62. The molecule has 0 aromatic heterocycles. The number of fused-ring (bicyclic) bond motifs is 1. The minimum atomic E-state index is -0.167. The van der Waals surface area contributed by atoms with Gasteiger partial charge in [-0.1, -0.05) is 36.7 Å². The van der Waals surface area contributed by atoms with E-state index in [1.54, 1.807) is 0 Å². The van der Waals surface area contributed by atoms with Gasteiger partial charge in [-0.15, -0.1) is 0 Å². The molecule has 0 unspecified atom stereocenters. The van der Waals surface area contributed by atoms with Crippen LogP contribution < -0.4 is 10.1 Å². The van der Waals surface area contributed by atoms with Crippen LogP contribution >= 0.6 is 11.6 Å². The average molecular weight is 293 g/mol. The number of hydrogen-bond donors (Lipinski definition) is 1. The first kappa shape index (κ1) is 13.3. The van der Waals surface area contributed by atoms with Crippen LogP contribution in [0, 0.1) is 0 Å². The quantitative estimate of drug-likeness (QED) is 0.915. The highest BCUT2D eigenvalue weighted by molar-refractivity contribution is 6.32. The molecule has 2 rings (SSSR count). The lowest BCUT2D eigenvalue weighted by atomic mass is 10.0. The Morgan fingerprint density at radius 2 is 2.30 bits per heavy atom. The minimum Gasteiger partial charge on any atom is -0.495 e. The molecule has 0 saturated carbocycles. The maximum Gasteiger partial charge on any atom is 0.219 e. The van der Waals surface area contributed by atoms with E-state index in [1.165, 1.54) is 0 Å². The van der Waals surface area contributed by atoms with E-state index in [2.05, 4.69) is 5.32 Å². The van der Waals surface area contributed by atoms with Crippen LogP contribution in [0.5, 0.6) is 5.75 Å². The molecule has 106 valence electrons. The number of rotatable bonds is 5. The third-order valence-electron chi connectivity index (χ3n) is 3.22. The van der Waals surface area contributed by atoms with Gasteiger partial charge < -0.3 is 10.1 Å². The molecule has 1 amide bonds. The van der Waals surface area contributed by atoms with E-state index < -0.39 is 0 Å². The van der Waals surface area contributed by atoms with Gasteiger partial charge in [-0.25, -0.2) is 0 Å². The highest BCUT2D eigenvalue weighted by Gasteiger charge is 2.07. The Balaban J connectivity index is 2.26. The molecule has 0 aliphatic carbocycles. The van der Waals surface area contributed by atoms with Crippen LogP contribution in [0.4, 0.5) is 0 Å². The molecular weight excluding hydrogens is 274 g/mol. The highest BCUT2D eigenvalue weighted by atomic mass is 35.5. The summed E-state index contributed by atoms with van der Waals surface area (Å²) in [6.45, 7) is 2.43. The number of nitrogens with one attached hydrogen (secondary N) is 1. The van der Waals surface area contributed by atoms with Crippen molar-refractivity contribution in [1.29, 1.82) is 0 Å². The Kier molecular flexibility index (Phi) is 4.38. The van der Waals surface area contributed by atoms with Crippen LogP contribution in [0.3, 0.4) is 0 Å². The molecule has 3 nitrogen and oxygen atoms in total. The number of carbonyl (C=O) groups excluding carboxylic acids is 1. The van der Waals surface area contributed by atoms with Crippen molar-refractivity contribution in [1.82, 2.24) is 5.32 Å². The zero-order valence-corrected chi connectivity index (χ0v) is 12.2. The summed E-state index contributed by atoms with van der Waals surface area (Å²) in [6, 6.07) is 9.69. The number of hydrogen-bond acceptors (Lipinski definition) is 2. The number of benzene rings is 2. The summed E-state index contributed by atoms with van der Waals surface area (Å²) in [5, 5.41) is 5.44. The normalized spacial score (nSPS) is 11.2. The molecule has 0 heterocycles. The summed E-state index contributed by atoms with van der Waals surface area (Å²) in [4.78, 5) is 11.3. The van der Waals surface area contributed by atoms with Crippen LogP contribution in [0.15, 0.2) is 30.3 Å². The van der Waals surface area contributed by atoms with Crippen LogP contribution in [0.1, 0.15) is 20.3 Å². The zero-order chi connectivity index (χ0) is 15.2. The third-order valence-corrected chi connectivity index (χ3v) is 3.51. The molecule has 2 aromatic rings. The van der Waals surface area contributed by atoms with Crippen molar-refractivity contribution >= 4 is 28.3 Å². The summed E-state index contributed by atoms with van der Waals surface area (Å²) in [5.74, 6) is 0.570. The van der Waals surface area contributed by atoms with Crippen molar-refractivity contribution < 1.29 is 10.9 Å². The van der Waals surface area contributed by atoms with Gasteiger partial charge in [0.15, 0.2) is 0 Å². The van der Waals surface area contributed by atoms with Gasteiger partial charge in [-0.3, -0.25) is 4.79 Å². The monoisotopic (exact) mass is 292 g/mol. The highest BCUT2D eigenvalue weighted by Crippen LogP contribution is 2.31. The Hall–Kier alpha value is -1.74. The van der Waals surface area contributed by atoms with E-state index in [0.29, 0.717) is 23.7 Å². The summed E-state index contributed by atoms with van der Waals surface area (Å²) in [5.41, 5.74) is 1.12. The zero-order valence-electron chi connectivity index (χ0n) is 12.4. The van der Waals surface area contributed by atoms with Crippen molar-refractivity contribution in [2.75, 3.05) is 13.6 Å². The Labute approximate surface area is 125 Å². The lowest BCUT2D eigenvalue weighted by molar-refractivity contribution is -0.120. The minimum absolute atomic E-state index is 0.0523. The number of amides is 1. The van der Waals surface area contributed by atoms with Crippen molar-refractivity contribution in [3.8, 4) is 5.75 Å². The Bertz CT molecular complexity index is 645. The summed E-state index contributed by atoms with van der Waals surface area (Å²) < 4.78 is 12.4. The van der Waals surface area contributed by atoms with Gasteiger partial charge in [-0.05, 0) is 34.9 Å². The van der Waals surface area contributed by atoms with Crippen molar-refractivity contribution in [3.05, 3.63) is 40.9 Å². The summed E-state index contributed by atoms with van der Waals surface area (Å²) in [6.07, 6.45) is 1.23. The smallest absolute Gasteiger partial charge is 0.219 e. The van der Waals surface area contributed by atoms with Crippen molar-refractivity contribution in [3.63, 3.8) is 0 Å². The number of carbonyl (C=O) groups is 1. The largest absolute Gasteiger partial charge is 0.495 e. The molecule has 0 fully saturated rings. The lowest BCUT2D eigenvalue weighted by Crippen LogP contribution is -2.24. The molecule has 0 spiro atoms. The molecule has 20 heavy (non-hydrogen) atoms. The van der Waals surface area contributed by atoms with Crippen LogP contribution in [-0.4, -0.2) is 19.5 Å². The van der Waals surface area contributed by atoms with Gasteiger partial charge in [0.1, 0.15) is 5.75 Å². The van der Waals surface area contributed by atoms with Crippen molar-refractivity contribution in [2.24, 2.45) is 0 Å². The van der Waals surface area contributed by atoms with E-state index in [9.17, 15) is 4.79 Å². The first-order chi connectivity index (χ1) is 10.2. The van der Waals surface area contributed by atoms with Crippen molar-refractivity contribution in [2.45, 2.75) is 19.8 Å². The number of halogens is 1. The van der Waals surface area contributed by atoms with Gasteiger partial charge in [0, 0.05) is 13.0 Å². The fourth-order valence-electron chi connectivity index (χ4n) is 2.13. The maximum atomic E-state index is 11.3. The van der Waals surface area contributed by atoms with Gasteiger partial charge in [0.2, 0.25) is 5.91 Å². The molecule has 4 heteroatoms. The SMILES string of the molecule is [2H]COc1cc2c(CCNC(=O)CC)cccc2cc1Cl. The molecule has 0 radical (unpaired) electrons. The Morgan fingerprint density at radius 1 is 1.45 bits per heavy atom. The first-order valence-electron chi connectivity index (χ1n) is 7.26. The molecule has 0 aliphatic heterocycles. The fourth-order valence-corrected chi connectivity index (χ4v) is 2.36. The molecular formula is C16H18ClNO2.